The zero-order valence-corrected chi connectivity index (χ0v) is 17.2. The third kappa shape index (κ3) is 6.32. The number of aromatic nitrogens is 1. The van der Waals surface area contributed by atoms with Gasteiger partial charge in [-0.15, -0.1) is 0 Å². The standard InChI is InChI=1S/C24H26N2O4/c1-18(26-24(27)21-6-3-7-23(15-21)29-14-13-28-2)20-8-10-22(11-9-20)30-17-19-5-4-12-25-16-19/h3-12,15-16,18H,13-14,17H2,1-2H3,(H,26,27). The molecular formula is C24H26N2O4. The maximum atomic E-state index is 12.6. The molecule has 0 aliphatic carbocycles. The Labute approximate surface area is 176 Å². The fourth-order valence-electron chi connectivity index (χ4n) is 2.84. The summed E-state index contributed by atoms with van der Waals surface area (Å²) in [5, 5.41) is 3.02. The van der Waals surface area contributed by atoms with Crippen LogP contribution in [-0.2, 0) is 11.3 Å². The lowest BCUT2D eigenvalue weighted by molar-refractivity contribution is 0.0939. The molecule has 1 amide bonds. The molecule has 2 aromatic carbocycles. The third-order valence-electron chi connectivity index (χ3n) is 4.51. The van der Waals surface area contributed by atoms with Crippen LogP contribution in [0.3, 0.4) is 0 Å². The molecule has 1 heterocycles. The van der Waals surface area contributed by atoms with Gasteiger partial charge in [-0.05, 0) is 48.9 Å². The van der Waals surface area contributed by atoms with E-state index in [9.17, 15) is 4.79 Å². The summed E-state index contributed by atoms with van der Waals surface area (Å²) in [6.45, 7) is 3.34. The van der Waals surface area contributed by atoms with Gasteiger partial charge in [0.2, 0.25) is 0 Å². The van der Waals surface area contributed by atoms with E-state index in [0.717, 1.165) is 16.9 Å². The second-order valence-electron chi connectivity index (χ2n) is 6.78. The molecule has 1 unspecified atom stereocenters. The lowest BCUT2D eigenvalue weighted by atomic mass is 10.1. The van der Waals surface area contributed by atoms with Crippen LogP contribution in [0.4, 0.5) is 0 Å². The first-order valence-electron chi connectivity index (χ1n) is 9.80. The van der Waals surface area contributed by atoms with Gasteiger partial charge in [0.25, 0.3) is 5.91 Å². The van der Waals surface area contributed by atoms with Gasteiger partial charge in [-0.1, -0.05) is 24.3 Å². The quantitative estimate of drug-likeness (QED) is 0.512. The van der Waals surface area contributed by atoms with Crippen LogP contribution in [0, 0.1) is 0 Å². The van der Waals surface area contributed by atoms with E-state index in [1.54, 1.807) is 37.7 Å². The summed E-state index contributed by atoms with van der Waals surface area (Å²) in [5.41, 5.74) is 2.55. The number of nitrogens with zero attached hydrogens (tertiary/aromatic N) is 1. The predicted molar refractivity (Wildman–Crippen MR) is 115 cm³/mol. The Bertz CT molecular complexity index is 929. The van der Waals surface area contributed by atoms with Crippen molar-refractivity contribution >= 4 is 5.91 Å². The molecule has 0 aliphatic rings. The lowest BCUT2D eigenvalue weighted by Gasteiger charge is -2.16. The Balaban J connectivity index is 1.54. The van der Waals surface area contributed by atoms with Gasteiger partial charge in [-0.3, -0.25) is 9.78 Å². The molecule has 0 saturated carbocycles. The minimum Gasteiger partial charge on any atom is -0.491 e. The normalized spacial score (nSPS) is 11.5. The van der Waals surface area contributed by atoms with E-state index >= 15 is 0 Å². The van der Waals surface area contributed by atoms with E-state index in [4.69, 9.17) is 14.2 Å². The highest BCUT2D eigenvalue weighted by Gasteiger charge is 2.12. The van der Waals surface area contributed by atoms with E-state index in [-0.39, 0.29) is 11.9 Å². The number of pyridine rings is 1. The van der Waals surface area contributed by atoms with Gasteiger partial charge in [-0.25, -0.2) is 0 Å². The highest BCUT2D eigenvalue weighted by Crippen LogP contribution is 2.20. The Morgan fingerprint density at radius 2 is 1.83 bits per heavy atom. The van der Waals surface area contributed by atoms with Gasteiger partial charge in [0.1, 0.15) is 24.7 Å². The molecule has 1 N–H and O–H groups in total. The maximum Gasteiger partial charge on any atom is 0.251 e. The Hall–Kier alpha value is -3.38. The summed E-state index contributed by atoms with van der Waals surface area (Å²) in [7, 11) is 1.62. The summed E-state index contributed by atoms with van der Waals surface area (Å²) < 4.78 is 16.3. The number of hydrogen-bond donors (Lipinski definition) is 1. The number of carbonyl (C=O) groups is 1. The molecule has 0 fully saturated rings. The second-order valence-corrected chi connectivity index (χ2v) is 6.78. The van der Waals surface area contributed by atoms with Gasteiger partial charge < -0.3 is 19.5 Å². The number of methoxy groups -OCH3 is 1. The number of rotatable bonds is 10. The molecule has 6 heteroatoms. The summed E-state index contributed by atoms with van der Waals surface area (Å²) in [6.07, 6.45) is 3.52. The van der Waals surface area contributed by atoms with E-state index in [0.29, 0.717) is 31.1 Å². The van der Waals surface area contributed by atoms with E-state index in [1.165, 1.54) is 0 Å². The molecular weight excluding hydrogens is 380 g/mol. The van der Waals surface area contributed by atoms with Crippen molar-refractivity contribution in [2.75, 3.05) is 20.3 Å². The van der Waals surface area contributed by atoms with Crippen molar-refractivity contribution in [3.63, 3.8) is 0 Å². The van der Waals surface area contributed by atoms with Crippen LogP contribution < -0.4 is 14.8 Å². The van der Waals surface area contributed by atoms with Crippen LogP contribution in [0.25, 0.3) is 0 Å². The van der Waals surface area contributed by atoms with Crippen molar-refractivity contribution in [1.29, 1.82) is 0 Å². The highest BCUT2D eigenvalue weighted by molar-refractivity contribution is 5.94. The van der Waals surface area contributed by atoms with Crippen LogP contribution in [0.5, 0.6) is 11.5 Å². The average molecular weight is 406 g/mol. The SMILES string of the molecule is COCCOc1cccc(C(=O)NC(C)c2ccc(OCc3cccnc3)cc2)c1. The zero-order chi connectivity index (χ0) is 21.2. The largest absolute Gasteiger partial charge is 0.491 e. The number of benzene rings is 2. The molecule has 1 aromatic heterocycles. The molecule has 0 aliphatic heterocycles. The van der Waals surface area contributed by atoms with Crippen molar-refractivity contribution in [2.45, 2.75) is 19.6 Å². The maximum absolute atomic E-state index is 12.6. The second kappa shape index (κ2) is 11.0. The smallest absolute Gasteiger partial charge is 0.251 e. The third-order valence-corrected chi connectivity index (χ3v) is 4.51. The van der Waals surface area contributed by atoms with Gasteiger partial charge >= 0.3 is 0 Å². The van der Waals surface area contributed by atoms with E-state index in [2.05, 4.69) is 10.3 Å². The van der Waals surface area contributed by atoms with Crippen LogP contribution in [-0.4, -0.2) is 31.2 Å². The van der Waals surface area contributed by atoms with Crippen LogP contribution in [0.15, 0.2) is 73.1 Å². The number of hydrogen-bond acceptors (Lipinski definition) is 5. The van der Waals surface area contributed by atoms with Crippen molar-refractivity contribution in [1.82, 2.24) is 10.3 Å². The first-order valence-corrected chi connectivity index (χ1v) is 9.80. The Morgan fingerprint density at radius 1 is 1.00 bits per heavy atom. The fourth-order valence-corrected chi connectivity index (χ4v) is 2.84. The van der Waals surface area contributed by atoms with Gasteiger partial charge in [0.15, 0.2) is 0 Å². The Kier molecular flexibility index (Phi) is 7.80. The minimum atomic E-state index is -0.156. The molecule has 0 bridgehead atoms. The zero-order valence-electron chi connectivity index (χ0n) is 17.2. The van der Waals surface area contributed by atoms with Crippen LogP contribution >= 0.6 is 0 Å². The van der Waals surface area contributed by atoms with Gasteiger partial charge in [-0.2, -0.15) is 0 Å². The molecule has 3 aromatic rings. The summed E-state index contributed by atoms with van der Waals surface area (Å²) >= 11 is 0. The summed E-state index contributed by atoms with van der Waals surface area (Å²) in [6, 6.07) is 18.5. The van der Waals surface area contributed by atoms with Crippen molar-refractivity contribution in [3.05, 3.63) is 89.7 Å². The number of amides is 1. The van der Waals surface area contributed by atoms with Gasteiger partial charge in [0.05, 0.1) is 12.6 Å². The monoisotopic (exact) mass is 406 g/mol. The summed E-state index contributed by atoms with van der Waals surface area (Å²) in [4.78, 5) is 16.7. The minimum absolute atomic E-state index is 0.150. The Morgan fingerprint density at radius 3 is 2.57 bits per heavy atom. The van der Waals surface area contributed by atoms with Crippen molar-refractivity contribution in [3.8, 4) is 11.5 Å². The fraction of sp³-hybridized carbons (Fsp3) is 0.250. The first kappa shape index (κ1) is 21.3. The molecule has 30 heavy (non-hydrogen) atoms. The molecule has 6 nitrogen and oxygen atoms in total. The molecule has 3 rings (SSSR count). The predicted octanol–water partition coefficient (Wildman–Crippen LogP) is 4.18. The summed E-state index contributed by atoms with van der Waals surface area (Å²) in [5.74, 6) is 1.25. The van der Waals surface area contributed by atoms with E-state index < -0.39 is 0 Å². The van der Waals surface area contributed by atoms with Crippen molar-refractivity contribution < 1.29 is 19.0 Å². The van der Waals surface area contributed by atoms with E-state index in [1.807, 2.05) is 49.4 Å². The molecule has 0 radical (unpaired) electrons. The number of ether oxygens (including phenoxy) is 3. The van der Waals surface area contributed by atoms with Crippen LogP contribution in [0.1, 0.15) is 34.5 Å². The topological polar surface area (TPSA) is 69.7 Å². The molecule has 0 saturated heterocycles. The molecule has 156 valence electrons. The average Bonchev–Trinajstić information content (AvgIpc) is 2.79. The van der Waals surface area contributed by atoms with Crippen molar-refractivity contribution in [2.24, 2.45) is 0 Å². The molecule has 1 atom stereocenters. The van der Waals surface area contributed by atoms with Crippen LogP contribution in [0.2, 0.25) is 0 Å². The van der Waals surface area contributed by atoms with Gasteiger partial charge in [0, 0.05) is 30.6 Å². The molecule has 0 spiro atoms. The first-order chi connectivity index (χ1) is 14.7. The number of nitrogens with one attached hydrogen (secondary N) is 1. The highest BCUT2D eigenvalue weighted by atomic mass is 16.5. The number of carbonyl (C=O) groups excluding carboxylic acids is 1. The lowest BCUT2D eigenvalue weighted by Crippen LogP contribution is -2.26.